The molecule has 0 fully saturated rings. The van der Waals surface area contributed by atoms with Crippen LogP contribution >= 0.6 is 23.2 Å². The standard InChI is InChI=1S/C23H18Cl2N2O2/c1-29-20-10-2-5-15(11-20)22-14-21(26-18-8-3-6-16(24)12-18)23(28)27(22)19-9-4-7-17(25)13-19/h2-14,22,26H,1H3. The minimum Gasteiger partial charge on any atom is -0.497 e. The Kier molecular flexibility index (Phi) is 5.47. The van der Waals surface area contributed by atoms with Gasteiger partial charge >= 0.3 is 0 Å². The number of benzene rings is 3. The van der Waals surface area contributed by atoms with Crippen LogP contribution in [0.1, 0.15) is 11.6 Å². The maximum Gasteiger partial charge on any atom is 0.275 e. The van der Waals surface area contributed by atoms with E-state index in [0.717, 1.165) is 22.7 Å². The first-order valence-electron chi connectivity index (χ1n) is 9.02. The SMILES string of the molecule is COc1cccc(C2C=C(Nc3cccc(Cl)c3)C(=O)N2c2cccc(Cl)c2)c1. The Morgan fingerprint density at radius 1 is 0.931 bits per heavy atom. The highest BCUT2D eigenvalue weighted by Crippen LogP contribution is 2.38. The van der Waals surface area contributed by atoms with Crippen LogP contribution in [0.4, 0.5) is 11.4 Å². The molecule has 1 heterocycles. The molecular formula is C23H18Cl2N2O2. The first kappa shape index (κ1) is 19.4. The largest absolute Gasteiger partial charge is 0.497 e. The number of amides is 1. The van der Waals surface area contributed by atoms with Crippen LogP contribution in [0.3, 0.4) is 0 Å². The van der Waals surface area contributed by atoms with E-state index in [4.69, 9.17) is 27.9 Å². The Hall–Kier alpha value is -2.95. The van der Waals surface area contributed by atoms with Crippen molar-refractivity contribution in [1.29, 1.82) is 0 Å². The molecule has 0 saturated heterocycles. The molecular weight excluding hydrogens is 407 g/mol. The van der Waals surface area contributed by atoms with Gasteiger partial charge in [-0.15, -0.1) is 0 Å². The summed E-state index contributed by atoms with van der Waals surface area (Å²) < 4.78 is 5.36. The topological polar surface area (TPSA) is 41.6 Å². The van der Waals surface area contributed by atoms with Crippen molar-refractivity contribution in [1.82, 2.24) is 0 Å². The lowest BCUT2D eigenvalue weighted by Crippen LogP contribution is -2.30. The van der Waals surface area contributed by atoms with Gasteiger partial charge in [-0.2, -0.15) is 0 Å². The Morgan fingerprint density at radius 2 is 1.66 bits per heavy atom. The number of methoxy groups -OCH3 is 1. The molecule has 6 heteroatoms. The van der Waals surface area contributed by atoms with E-state index in [1.807, 2.05) is 54.6 Å². The molecule has 1 aliphatic heterocycles. The van der Waals surface area contributed by atoms with Crippen molar-refractivity contribution in [2.75, 3.05) is 17.3 Å². The summed E-state index contributed by atoms with van der Waals surface area (Å²) in [4.78, 5) is 15.0. The summed E-state index contributed by atoms with van der Waals surface area (Å²) in [6.07, 6.45) is 1.90. The monoisotopic (exact) mass is 424 g/mol. The normalized spacial score (nSPS) is 16.0. The smallest absolute Gasteiger partial charge is 0.275 e. The van der Waals surface area contributed by atoms with Gasteiger partial charge in [0.2, 0.25) is 0 Å². The number of hydrogen-bond donors (Lipinski definition) is 1. The summed E-state index contributed by atoms with van der Waals surface area (Å²) in [5.41, 5.74) is 2.87. The molecule has 1 atom stereocenters. The Morgan fingerprint density at radius 3 is 2.38 bits per heavy atom. The highest BCUT2D eigenvalue weighted by molar-refractivity contribution is 6.31. The van der Waals surface area contributed by atoms with Gasteiger partial charge in [0.15, 0.2) is 0 Å². The fourth-order valence-electron chi connectivity index (χ4n) is 3.35. The molecule has 3 aromatic rings. The van der Waals surface area contributed by atoms with Crippen molar-refractivity contribution >= 4 is 40.5 Å². The van der Waals surface area contributed by atoms with Crippen molar-refractivity contribution in [3.63, 3.8) is 0 Å². The summed E-state index contributed by atoms with van der Waals surface area (Å²) in [6.45, 7) is 0. The lowest BCUT2D eigenvalue weighted by Gasteiger charge is -2.25. The second-order valence-electron chi connectivity index (χ2n) is 6.59. The van der Waals surface area contributed by atoms with E-state index < -0.39 is 0 Å². The quantitative estimate of drug-likeness (QED) is 0.538. The first-order valence-corrected chi connectivity index (χ1v) is 9.78. The molecule has 1 amide bonds. The highest BCUT2D eigenvalue weighted by atomic mass is 35.5. The van der Waals surface area contributed by atoms with Crippen molar-refractivity contribution < 1.29 is 9.53 Å². The van der Waals surface area contributed by atoms with Gasteiger partial charge in [0.05, 0.1) is 13.2 Å². The summed E-state index contributed by atoms with van der Waals surface area (Å²) in [5.74, 6) is 0.575. The van der Waals surface area contributed by atoms with Crippen LogP contribution in [0, 0.1) is 0 Å². The predicted octanol–water partition coefficient (Wildman–Crippen LogP) is 6.09. The number of carbonyl (C=O) groups excluding carboxylic acids is 1. The molecule has 0 spiro atoms. The van der Waals surface area contributed by atoms with Gasteiger partial charge in [-0.05, 0) is 60.2 Å². The maximum atomic E-state index is 13.3. The Balaban J connectivity index is 1.76. The zero-order valence-corrected chi connectivity index (χ0v) is 17.1. The third kappa shape index (κ3) is 4.09. The fraction of sp³-hybridized carbons (Fsp3) is 0.0870. The van der Waals surface area contributed by atoms with Crippen LogP contribution in [0.2, 0.25) is 10.0 Å². The molecule has 1 unspecified atom stereocenters. The van der Waals surface area contributed by atoms with E-state index in [-0.39, 0.29) is 11.9 Å². The number of nitrogens with zero attached hydrogens (tertiary/aromatic N) is 1. The van der Waals surface area contributed by atoms with E-state index in [0.29, 0.717) is 15.7 Å². The third-order valence-electron chi connectivity index (χ3n) is 4.68. The molecule has 3 aromatic carbocycles. The van der Waals surface area contributed by atoms with Gasteiger partial charge in [0.25, 0.3) is 5.91 Å². The van der Waals surface area contributed by atoms with Crippen molar-refractivity contribution in [2.45, 2.75) is 6.04 Å². The molecule has 4 nitrogen and oxygen atoms in total. The molecule has 0 aromatic heterocycles. The van der Waals surface area contributed by atoms with Gasteiger partial charge in [-0.25, -0.2) is 0 Å². The number of ether oxygens (including phenoxy) is 1. The third-order valence-corrected chi connectivity index (χ3v) is 5.15. The zero-order valence-electron chi connectivity index (χ0n) is 15.6. The Bertz CT molecular complexity index is 1100. The maximum absolute atomic E-state index is 13.3. The summed E-state index contributed by atoms with van der Waals surface area (Å²) in [7, 11) is 1.62. The predicted molar refractivity (Wildman–Crippen MR) is 118 cm³/mol. The Labute approximate surface area is 179 Å². The molecule has 0 saturated carbocycles. The van der Waals surface area contributed by atoms with E-state index in [2.05, 4.69) is 5.32 Å². The van der Waals surface area contributed by atoms with Gasteiger partial charge in [0, 0.05) is 21.4 Å². The fourth-order valence-corrected chi connectivity index (χ4v) is 3.73. The van der Waals surface area contributed by atoms with Crippen LogP contribution in [-0.2, 0) is 4.79 Å². The van der Waals surface area contributed by atoms with Crippen LogP contribution in [0.15, 0.2) is 84.6 Å². The van der Waals surface area contributed by atoms with E-state index in [1.165, 1.54) is 0 Å². The number of anilines is 2. The van der Waals surface area contributed by atoms with Crippen LogP contribution in [0.25, 0.3) is 0 Å². The zero-order chi connectivity index (χ0) is 20.4. The van der Waals surface area contributed by atoms with Crippen LogP contribution in [-0.4, -0.2) is 13.0 Å². The van der Waals surface area contributed by atoms with E-state index in [9.17, 15) is 4.79 Å². The second kappa shape index (κ2) is 8.19. The average molecular weight is 425 g/mol. The molecule has 0 bridgehead atoms. The average Bonchev–Trinajstić information content (AvgIpc) is 3.04. The first-order chi connectivity index (χ1) is 14.0. The number of halogens is 2. The second-order valence-corrected chi connectivity index (χ2v) is 7.47. The molecule has 146 valence electrons. The summed E-state index contributed by atoms with van der Waals surface area (Å²) in [6, 6.07) is 21.9. The molecule has 4 rings (SSSR count). The lowest BCUT2D eigenvalue weighted by molar-refractivity contribution is -0.114. The van der Waals surface area contributed by atoms with Crippen molar-refractivity contribution in [3.05, 3.63) is 100 Å². The van der Waals surface area contributed by atoms with Gasteiger partial charge in [0.1, 0.15) is 11.4 Å². The van der Waals surface area contributed by atoms with Crippen molar-refractivity contribution in [2.24, 2.45) is 0 Å². The summed E-state index contributed by atoms with van der Waals surface area (Å²) >= 11 is 12.3. The number of hydrogen-bond acceptors (Lipinski definition) is 3. The van der Waals surface area contributed by atoms with Crippen LogP contribution in [0.5, 0.6) is 5.75 Å². The van der Waals surface area contributed by atoms with Gasteiger partial charge < -0.3 is 10.1 Å². The van der Waals surface area contributed by atoms with Gasteiger partial charge in [-0.3, -0.25) is 9.69 Å². The minimum absolute atomic E-state index is 0.153. The minimum atomic E-state index is -0.308. The molecule has 1 N–H and O–H groups in total. The number of carbonyl (C=O) groups is 1. The summed E-state index contributed by atoms with van der Waals surface area (Å²) in [5, 5.41) is 4.36. The molecule has 29 heavy (non-hydrogen) atoms. The lowest BCUT2D eigenvalue weighted by atomic mass is 10.1. The molecule has 0 aliphatic carbocycles. The van der Waals surface area contributed by atoms with Crippen molar-refractivity contribution in [3.8, 4) is 5.75 Å². The number of nitrogens with one attached hydrogen (secondary N) is 1. The molecule has 1 aliphatic rings. The van der Waals surface area contributed by atoms with Gasteiger partial charge in [-0.1, -0.05) is 47.5 Å². The highest BCUT2D eigenvalue weighted by Gasteiger charge is 2.35. The van der Waals surface area contributed by atoms with E-state index >= 15 is 0 Å². The number of rotatable bonds is 5. The van der Waals surface area contributed by atoms with E-state index in [1.54, 1.807) is 36.3 Å². The van der Waals surface area contributed by atoms with Crippen LogP contribution < -0.4 is 15.0 Å². The molecule has 0 radical (unpaired) electrons.